The Balaban J connectivity index is 1.62. The van der Waals surface area contributed by atoms with Gasteiger partial charge >= 0.3 is 0 Å². The van der Waals surface area contributed by atoms with Crippen molar-refractivity contribution in [1.29, 1.82) is 0 Å². The Bertz CT molecular complexity index is 1360. The van der Waals surface area contributed by atoms with Crippen LogP contribution in [0.2, 0.25) is 0 Å². The number of hydrogen-bond donors (Lipinski definition) is 1. The minimum Gasteiger partial charge on any atom is -0.495 e. The smallest absolute Gasteiger partial charge is 0.265 e. The van der Waals surface area contributed by atoms with Gasteiger partial charge in [0.05, 0.1) is 7.11 Å². The van der Waals surface area contributed by atoms with Crippen LogP contribution in [0.25, 0.3) is 0 Å². The summed E-state index contributed by atoms with van der Waals surface area (Å²) in [6, 6.07) is 11.8. The molecule has 2 aromatic carbocycles. The van der Waals surface area contributed by atoms with Gasteiger partial charge in [-0.2, -0.15) is 4.31 Å². The number of ether oxygens (including phenoxy) is 1. The Labute approximate surface area is 192 Å². The predicted octanol–water partition coefficient (Wildman–Crippen LogP) is 3.92. The lowest BCUT2D eigenvalue weighted by atomic mass is 10.0. The lowest BCUT2D eigenvalue weighted by molar-refractivity contribution is 0.392. The summed E-state index contributed by atoms with van der Waals surface area (Å²) in [6.07, 6.45) is 0.567. The molecule has 10 heteroatoms. The monoisotopic (exact) mass is 492 g/mol. The van der Waals surface area contributed by atoms with Crippen molar-refractivity contribution in [3.8, 4) is 5.75 Å². The molecule has 1 N–H and O–H groups in total. The molecule has 32 heavy (non-hydrogen) atoms. The van der Waals surface area contributed by atoms with E-state index in [2.05, 4.69) is 4.72 Å². The largest absolute Gasteiger partial charge is 0.495 e. The van der Waals surface area contributed by atoms with Gasteiger partial charge in [0.25, 0.3) is 20.0 Å². The number of sulfonamides is 2. The van der Waals surface area contributed by atoms with Crippen molar-refractivity contribution in [1.82, 2.24) is 4.31 Å². The number of rotatable bonds is 6. The fourth-order valence-electron chi connectivity index (χ4n) is 3.68. The number of anilines is 1. The number of benzene rings is 2. The van der Waals surface area contributed by atoms with Gasteiger partial charge in [0, 0.05) is 18.8 Å². The van der Waals surface area contributed by atoms with Crippen molar-refractivity contribution in [2.45, 2.75) is 35.9 Å². The third-order valence-electron chi connectivity index (χ3n) is 5.59. The van der Waals surface area contributed by atoms with Gasteiger partial charge < -0.3 is 4.74 Å². The highest BCUT2D eigenvalue weighted by Crippen LogP contribution is 2.31. The summed E-state index contributed by atoms with van der Waals surface area (Å²) in [4.78, 5) is 0.0581. The van der Waals surface area contributed by atoms with E-state index in [1.165, 1.54) is 22.8 Å². The molecular formula is C22H24N2O5S3. The number of fused-ring (bicyclic) bond motifs is 1. The van der Waals surface area contributed by atoms with Crippen molar-refractivity contribution >= 4 is 37.1 Å². The Morgan fingerprint density at radius 3 is 2.44 bits per heavy atom. The van der Waals surface area contributed by atoms with Crippen LogP contribution < -0.4 is 9.46 Å². The molecule has 0 spiro atoms. The first-order chi connectivity index (χ1) is 15.1. The molecule has 0 amide bonds. The Morgan fingerprint density at radius 1 is 1.00 bits per heavy atom. The first kappa shape index (κ1) is 22.8. The number of hydrogen-bond acceptors (Lipinski definition) is 6. The Hall–Kier alpha value is -2.40. The maximum absolute atomic E-state index is 13.1. The molecule has 0 saturated heterocycles. The number of nitrogens with zero attached hydrogens (tertiary/aromatic N) is 1. The van der Waals surface area contributed by atoms with E-state index in [1.54, 1.807) is 41.8 Å². The molecule has 0 atom stereocenters. The van der Waals surface area contributed by atoms with Crippen molar-refractivity contribution in [3.05, 3.63) is 70.1 Å². The van der Waals surface area contributed by atoms with Gasteiger partial charge in [-0.15, -0.1) is 11.3 Å². The van der Waals surface area contributed by atoms with Gasteiger partial charge in [0.1, 0.15) is 14.9 Å². The number of thiophene rings is 1. The summed E-state index contributed by atoms with van der Waals surface area (Å²) >= 11 is 1.19. The molecule has 1 aromatic heterocycles. The van der Waals surface area contributed by atoms with Gasteiger partial charge in [-0.25, -0.2) is 16.8 Å². The summed E-state index contributed by atoms with van der Waals surface area (Å²) < 4.78 is 61.6. The van der Waals surface area contributed by atoms with E-state index in [0.717, 1.165) is 22.3 Å². The molecule has 0 unspecified atom stereocenters. The molecule has 170 valence electrons. The zero-order chi connectivity index (χ0) is 23.1. The van der Waals surface area contributed by atoms with Crippen LogP contribution in [0, 0.1) is 13.8 Å². The highest BCUT2D eigenvalue weighted by Gasteiger charge is 2.29. The highest BCUT2D eigenvalue weighted by atomic mass is 32.2. The summed E-state index contributed by atoms with van der Waals surface area (Å²) in [5.74, 6) is 0.270. The van der Waals surface area contributed by atoms with Gasteiger partial charge in [0.2, 0.25) is 0 Å². The van der Waals surface area contributed by atoms with Crippen LogP contribution in [0.3, 0.4) is 0 Å². The average molecular weight is 493 g/mol. The quantitative estimate of drug-likeness (QED) is 0.563. The van der Waals surface area contributed by atoms with E-state index < -0.39 is 20.0 Å². The van der Waals surface area contributed by atoms with E-state index in [4.69, 9.17) is 4.74 Å². The molecule has 0 aliphatic carbocycles. The van der Waals surface area contributed by atoms with Crippen LogP contribution in [0.1, 0.15) is 22.3 Å². The topological polar surface area (TPSA) is 92.8 Å². The molecule has 0 saturated carbocycles. The maximum Gasteiger partial charge on any atom is 0.265 e. The van der Waals surface area contributed by atoms with E-state index in [0.29, 0.717) is 22.9 Å². The van der Waals surface area contributed by atoms with Crippen LogP contribution in [0.5, 0.6) is 5.75 Å². The summed E-state index contributed by atoms with van der Waals surface area (Å²) in [5.41, 5.74) is 3.94. The molecule has 1 aliphatic heterocycles. The molecule has 7 nitrogen and oxygen atoms in total. The summed E-state index contributed by atoms with van der Waals surface area (Å²) in [5, 5.41) is 1.73. The van der Waals surface area contributed by atoms with Crippen molar-refractivity contribution in [2.24, 2.45) is 0 Å². The van der Waals surface area contributed by atoms with Crippen LogP contribution >= 0.6 is 11.3 Å². The molecule has 0 bridgehead atoms. The molecule has 0 radical (unpaired) electrons. The molecular weight excluding hydrogens is 468 g/mol. The predicted molar refractivity (Wildman–Crippen MR) is 125 cm³/mol. The molecule has 1 aliphatic rings. The fourth-order valence-corrected chi connectivity index (χ4v) is 7.53. The molecule has 3 aromatic rings. The lowest BCUT2D eigenvalue weighted by Crippen LogP contribution is -2.35. The SMILES string of the molecule is COc1cc(C)c(C)cc1S(=O)(=O)Nc1ccc2c(c1)CN(S(=O)(=O)c1cccs1)CC2. The molecule has 4 rings (SSSR count). The third kappa shape index (κ3) is 4.27. The highest BCUT2D eigenvalue weighted by molar-refractivity contribution is 7.92. The number of aryl methyl sites for hydroxylation is 2. The Kier molecular flexibility index (Phi) is 6.06. The van der Waals surface area contributed by atoms with Gasteiger partial charge in [-0.1, -0.05) is 12.1 Å². The van der Waals surface area contributed by atoms with E-state index in [1.807, 2.05) is 19.9 Å². The maximum atomic E-state index is 13.1. The zero-order valence-electron chi connectivity index (χ0n) is 18.0. The summed E-state index contributed by atoms with van der Waals surface area (Å²) in [7, 11) is -6.04. The number of nitrogens with one attached hydrogen (secondary N) is 1. The van der Waals surface area contributed by atoms with Crippen molar-refractivity contribution in [2.75, 3.05) is 18.4 Å². The average Bonchev–Trinajstić information content (AvgIpc) is 3.30. The van der Waals surface area contributed by atoms with E-state index in [-0.39, 0.29) is 17.2 Å². The fraction of sp³-hybridized carbons (Fsp3) is 0.273. The van der Waals surface area contributed by atoms with Crippen molar-refractivity contribution in [3.63, 3.8) is 0 Å². The standard InChI is InChI=1S/C22H24N2O5S3/c1-15-11-20(29-3)21(12-16(15)2)31(25,26)23-19-7-6-17-8-9-24(14-18(17)13-19)32(27,28)22-5-4-10-30-22/h4-7,10-13,23H,8-9,14H2,1-3H3. The van der Waals surface area contributed by atoms with Crippen LogP contribution in [0.4, 0.5) is 5.69 Å². The second-order valence-electron chi connectivity index (χ2n) is 7.70. The van der Waals surface area contributed by atoms with Crippen LogP contribution in [-0.2, 0) is 33.0 Å². The second-order valence-corrected chi connectivity index (χ2v) is 12.5. The van der Waals surface area contributed by atoms with Crippen LogP contribution in [0.15, 0.2) is 56.9 Å². The van der Waals surface area contributed by atoms with E-state index >= 15 is 0 Å². The van der Waals surface area contributed by atoms with E-state index in [9.17, 15) is 16.8 Å². The van der Waals surface area contributed by atoms with Crippen LogP contribution in [-0.4, -0.2) is 34.8 Å². The van der Waals surface area contributed by atoms with Gasteiger partial charge in [-0.3, -0.25) is 4.72 Å². The second kappa shape index (κ2) is 8.51. The minimum atomic E-state index is -3.90. The Morgan fingerprint density at radius 2 is 1.75 bits per heavy atom. The van der Waals surface area contributed by atoms with Gasteiger partial charge in [0.15, 0.2) is 0 Å². The number of methoxy groups -OCH3 is 1. The first-order valence-electron chi connectivity index (χ1n) is 9.95. The summed E-state index contributed by atoms with van der Waals surface area (Å²) in [6.45, 7) is 4.31. The normalized spacial score (nSPS) is 14.7. The molecule has 2 heterocycles. The lowest BCUT2D eigenvalue weighted by Gasteiger charge is -2.28. The zero-order valence-corrected chi connectivity index (χ0v) is 20.4. The minimum absolute atomic E-state index is 0.0581. The van der Waals surface area contributed by atoms with Gasteiger partial charge in [-0.05, 0) is 78.2 Å². The van der Waals surface area contributed by atoms with Crippen molar-refractivity contribution < 1.29 is 21.6 Å². The first-order valence-corrected chi connectivity index (χ1v) is 13.8. The molecule has 0 fully saturated rings. The third-order valence-corrected chi connectivity index (χ3v) is 10.2.